The van der Waals surface area contributed by atoms with Crippen LogP contribution in [-0.2, 0) is 13.2 Å². The fraction of sp³-hybridized carbons (Fsp3) is 0.190. The summed E-state index contributed by atoms with van der Waals surface area (Å²) >= 11 is 0. The first-order valence-electron chi connectivity index (χ1n) is 9.53. The monoisotopic (exact) mass is 401 g/mol. The van der Waals surface area contributed by atoms with Crippen LogP contribution in [0, 0.1) is 6.92 Å². The predicted molar refractivity (Wildman–Crippen MR) is 110 cm³/mol. The van der Waals surface area contributed by atoms with E-state index in [0.29, 0.717) is 42.0 Å². The molecule has 1 N–H and O–H groups in total. The minimum Gasteiger partial charge on any atom is -0.470 e. The van der Waals surface area contributed by atoms with E-state index in [1.807, 2.05) is 56.4 Å². The summed E-state index contributed by atoms with van der Waals surface area (Å²) < 4.78 is 12.9. The molecule has 0 bridgehead atoms. The molecule has 0 spiro atoms. The van der Waals surface area contributed by atoms with Gasteiger partial charge in [-0.1, -0.05) is 29.4 Å². The van der Waals surface area contributed by atoms with Crippen LogP contribution in [0.1, 0.15) is 17.1 Å². The van der Waals surface area contributed by atoms with Crippen molar-refractivity contribution < 1.29 is 9.26 Å². The summed E-state index contributed by atoms with van der Waals surface area (Å²) in [4.78, 5) is 4.61. The third-order valence-corrected chi connectivity index (χ3v) is 4.67. The maximum Gasteiger partial charge on any atom is 0.240 e. The fourth-order valence-corrected chi connectivity index (χ4v) is 3.32. The Kier molecular flexibility index (Phi) is 4.56. The highest BCUT2D eigenvalue weighted by Crippen LogP contribution is 2.29. The van der Waals surface area contributed by atoms with Gasteiger partial charge in [0.25, 0.3) is 0 Å². The Hall–Kier alpha value is -3.85. The highest BCUT2D eigenvalue weighted by molar-refractivity contribution is 5.96. The van der Waals surface area contributed by atoms with Crippen LogP contribution in [0.15, 0.2) is 53.1 Å². The van der Waals surface area contributed by atoms with E-state index in [1.54, 1.807) is 10.6 Å². The van der Waals surface area contributed by atoms with Crippen LogP contribution in [0.3, 0.4) is 0 Å². The molecule has 30 heavy (non-hydrogen) atoms. The van der Waals surface area contributed by atoms with Crippen molar-refractivity contribution >= 4 is 16.4 Å². The van der Waals surface area contributed by atoms with Crippen LogP contribution < -0.4 is 10.1 Å². The molecule has 0 amide bonds. The van der Waals surface area contributed by atoms with Crippen LogP contribution in [-0.4, -0.2) is 37.0 Å². The Morgan fingerprint density at radius 1 is 1.03 bits per heavy atom. The third kappa shape index (κ3) is 3.25. The topological polar surface area (TPSA) is 103 Å². The smallest absolute Gasteiger partial charge is 0.240 e. The first-order chi connectivity index (χ1) is 14.7. The molecular formula is C21H19N7O2. The minimum absolute atomic E-state index is 0.292. The summed E-state index contributed by atoms with van der Waals surface area (Å²) in [7, 11) is 1.89. The summed E-state index contributed by atoms with van der Waals surface area (Å²) in [5.74, 6) is 1.65. The molecule has 9 nitrogen and oxygen atoms in total. The SMILES string of the molecule is CNCc1cccc(COc2nn3c(-c4cc(C)on4)nnc3c3ccccc23)n1. The van der Waals surface area contributed by atoms with Gasteiger partial charge in [0.05, 0.1) is 11.4 Å². The number of rotatable bonds is 6. The summed E-state index contributed by atoms with van der Waals surface area (Å²) in [5.41, 5.74) is 2.97. The standard InChI is InChI=1S/C21H19N7O2/c1-13-10-18(27-30-13)20-25-24-19-16-8-3-4-9-17(16)21(26-28(19)20)29-12-15-7-5-6-14(23-15)11-22-2/h3-10,22H,11-12H2,1-2H3. The molecule has 0 atom stereocenters. The Labute approximate surface area is 171 Å². The predicted octanol–water partition coefficient (Wildman–Crippen LogP) is 2.93. The van der Waals surface area contributed by atoms with E-state index >= 15 is 0 Å². The van der Waals surface area contributed by atoms with Gasteiger partial charge in [0.2, 0.25) is 11.7 Å². The Morgan fingerprint density at radius 3 is 2.67 bits per heavy atom. The zero-order chi connectivity index (χ0) is 20.5. The lowest BCUT2D eigenvalue weighted by Gasteiger charge is -2.10. The van der Waals surface area contributed by atoms with Gasteiger partial charge < -0.3 is 14.6 Å². The Bertz CT molecular complexity index is 1340. The number of hydrogen-bond donors (Lipinski definition) is 1. The zero-order valence-corrected chi connectivity index (χ0v) is 16.5. The second kappa shape index (κ2) is 7.53. The molecule has 5 aromatic rings. The summed E-state index contributed by atoms with van der Waals surface area (Å²) in [6.07, 6.45) is 0. The molecule has 0 aliphatic carbocycles. The molecule has 1 aromatic carbocycles. The van der Waals surface area contributed by atoms with Crippen molar-refractivity contribution in [3.05, 3.63) is 65.7 Å². The van der Waals surface area contributed by atoms with Crippen molar-refractivity contribution in [1.82, 2.24) is 35.3 Å². The van der Waals surface area contributed by atoms with E-state index in [2.05, 4.69) is 30.8 Å². The van der Waals surface area contributed by atoms with Gasteiger partial charge in [-0.25, -0.2) is 0 Å². The van der Waals surface area contributed by atoms with Gasteiger partial charge in [0, 0.05) is 23.4 Å². The average Bonchev–Trinajstić information content (AvgIpc) is 3.38. The third-order valence-electron chi connectivity index (χ3n) is 4.67. The Balaban J connectivity index is 1.57. The highest BCUT2D eigenvalue weighted by atomic mass is 16.5. The van der Waals surface area contributed by atoms with Crippen molar-refractivity contribution in [3.8, 4) is 17.4 Å². The van der Waals surface area contributed by atoms with E-state index in [0.717, 1.165) is 22.2 Å². The maximum absolute atomic E-state index is 6.10. The van der Waals surface area contributed by atoms with Crippen LogP contribution in [0.25, 0.3) is 27.9 Å². The van der Waals surface area contributed by atoms with E-state index in [1.165, 1.54) is 0 Å². The zero-order valence-electron chi connectivity index (χ0n) is 16.5. The number of aryl methyl sites for hydroxylation is 1. The molecule has 0 unspecified atom stereocenters. The highest BCUT2D eigenvalue weighted by Gasteiger charge is 2.18. The molecule has 9 heteroatoms. The van der Waals surface area contributed by atoms with Gasteiger partial charge in [-0.15, -0.1) is 15.3 Å². The van der Waals surface area contributed by atoms with E-state index < -0.39 is 0 Å². The largest absolute Gasteiger partial charge is 0.470 e. The number of fused-ring (bicyclic) bond motifs is 3. The van der Waals surface area contributed by atoms with Crippen LogP contribution in [0.4, 0.5) is 0 Å². The molecule has 4 aromatic heterocycles. The van der Waals surface area contributed by atoms with Crippen LogP contribution in [0.2, 0.25) is 0 Å². The number of aromatic nitrogens is 6. The molecule has 0 fully saturated rings. The van der Waals surface area contributed by atoms with Gasteiger partial charge in [-0.05, 0) is 32.2 Å². The van der Waals surface area contributed by atoms with E-state index in [9.17, 15) is 0 Å². The number of ether oxygens (including phenoxy) is 1. The maximum atomic E-state index is 6.10. The molecule has 0 aliphatic heterocycles. The van der Waals surface area contributed by atoms with Gasteiger partial charge >= 0.3 is 0 Å². The van der Waals surface area contributed by atoms with Crippen molar-refractivity contribution in [2.24, 2.45) is 0 Å². The Morgan fingerprint density at radius 2 is 1.87 bits per heavy atom. The van der Waals surface area contributed by atoms with Gasteiger partial charge in [0.1, 0.15) is 12.4 Å². The summed E-state index contributed by atoms with van der Waals surface area (Å²) in [6.45, 7) is 2.81. The van der Waals surface area contributed by atoms with E-state index in [-0.39, 0.29) is 0 Å². The lowest BCUT2D eigenvalue weighted by atomic mass is 10.2. The minimum atomic E-state index is 0.292. The number of benzene rings is 1. The van der Waals surface area contributed by atoms with Crippen molar-refractivity contribution in [2.45, 2.75) is 20.1 Å². The summed E-state index contributed by atoms with van der Waals surface area (Å²) in [5, 5.41) is 22.1. The van der Waals surface area contributed by atoms with E-state index in [4.69, 9.17) is 9.26 Å². The fourth-order valence-electron chi connectivity index (χ4n) is 3.32. The lowest BCUT2D eigenvalue weighted by molar-refractivity contribution is 0.288. The first-order valence-corrected chi connectivity index (χ1v) is 9.53. The van der Waals surface area contributed by atoms with Gasteiger partial charge in [-0.3, -0.25) is 4.98 Å². The number of nitrogens with one attached hydrogen (secondary N) is 1. The van der Waals surface area contributed by atoms with Gasteiger partial charge in [0.15, 0.2) is 11.3 Å². The molecule has 5 rings (SSSR count). The number of nitrogens with zero attached hydrogens (tertiary/aromatic N) is 6. The second-order valence-corrected chi connectivity index (χ2v) is 6.87. The molecule has 0 saturated carbocycles. The van der Waals surface area contributed by atoms with Crippen molar-refractivity contribution in [2.75, 3.05) is 7.05 Å². The quantitative estimate of drug-likeness (QED) is 0.463. The molecule has 0 saturated heterocycles. The molecular weight excluding hydrogens is 382 g/mol. The summed E-state index contributed by atoms with van der Waals surface area (Å²) in [6, 6.07) is 15.5. The number of hydrogen-bond acceptors (Lipinski definition) is 8. The van der Waals surface area contributed by atoms with Crippen molar-refractivity contribution in [3.63, 3.8) is 0 Å². The normalized spacial score (nSPS) is 11.4. The van der Waals surface area contributed by atoms with Crippen molar-refractivity contribution in [1.29, 1.82) is 0 Å². The molecule has 0 radical (unpaired) electrons. The lowest BCUT2D eigenvalue weighted by Crippen LogP contribution is -2.09. The molecule has 150 valence electrons. The van der Waals surface area contributed by atoms with Gasteiger partial charge in [-0.2, -0.15) is 4.52 Å². The van der Waals surface area contributed by atoms with Crippen LogP contribution in [0.5, 0.6) is 5.88 Å². The molecule has 0 aliphatic rings. The average molecular weight is 401 g/mol. The molecule has 4 heterocycles. The first kappa shape index (κ1) is 18.2. The second-order valence-electron chi connectivity index (χ2n) is 6.87. The van der Waals surface area contributed by atoms with Crippen LogP contribution >= 0.6 is 0 Å². The number of pyridine rings is 1.